The summed E-state index contributed by atoms with van der Waals surface area (Å²) in [5, 5.41) is 2.90. The van der Waals surface area contributed by atoms with E-state index in [0.29, 0.717) is 5.92 Å². The van der Waals surface area contributed by atoms with Crippen LogP contribution < -0.4 is 5.32 Å². The molecular formula is C16H33NO. The first kappa shape index (κ1) is 17.5. The summed E-state index contributed by atoms with van der Waals surface area (Å²) >= 11 is 0. The van der Waals surface area contributed by atoms with Crippen molar-refractivity contribution >= 4 is 5.91 Å². The number of nitrogens with one attached hydrogen (secondary N) is 1. The third kappa shape index (κ3) is 9.49. The molecule has 0 bridgehead atoms. The number of amides is 1. The zero-order valence-electron chi connectivity index (χ0n) is 12.9. The fourth-order valence-corrected chi connectivity index (χ4v) is 2.45. The van der Waals surface area contributed by atoms with E-state index in [1.807, 2.05) is 13.8 Å². The van der Waals surface area contributed by atoms with E-state index in [1.54, 1.807) is 0 Å². The maximum atomic E-state index is 11.6. The third-order valence-electron chi connectivity index (χ3n) is 3.60. The third-order valence-corrected chi connectivity index (χ3v) is 3.60. The van der Waals surface area contributed by atoms with Crippen molar-refractivity contribution in [3.8, 4) is 0 Å². The summed E-state index contributed by atoms with van der Waals surface area (Å²) in [4.78, 5) is 11.6. The van der Waals surface area contributed by atoms with Gasteiger partial charge in [-0.15, -0.1) is 0 Å². The minimum atomic E-state index is 0.167. The molecule has 0 radical (unpaired) electrons. The minimum absolute atomic E-state index is 0.167. The second-order valence-corrected chi connectivity index (χ2v) is 5.69. The van der Waals surface area contributed by atoms with Gasteiger partial charge < -0.3 is 5.32 Å². The summed E-state index contributed by atoms with van der Waals surface area (Å²) in [6.07, 6.45) is 10.5. The number of rotatable bonds is 11. The molecule has 2 heteroatoms. The van der Waals surface area contributed by atoms with Crippen molar-refractivity contribution in [3.05, 3.63) is 0 Å². The molecular weight excluding hydrogens is 222 g/mol. The van der Waals surface area contributed by atoms with Crippen molar-refractivity contribution in [2.75, 3.05) is 6.54 Å². The summed E-state index contributed by atoms with van der Waals surface area (Å²) < 4.78 is 0. The van der Waals surface area contributed by atoms with Gasteiger partial charge in [0.05, 0.1) is 0 Å². The quantitative estimate of drug-likeness (QED) is 0.540. The topological polar surface area (TPSA) is 29.1 Å². The van der Waals surface area contributed by atoms with Crippen LogP contribution in [-0.4, -0.2) is 12.5 Å². The molecule has 1 amide bonds. The van der Waals surface area contributed by atoms with Gasteiger partial charge in [0.2, 0.25) is 5.91 Å². The number of carbonyl (C=O) groups is 1. The summed E-state index contributed by atoms with van der Waals surface area (Å²) in [6.45, 7) is 9.30. The highest BCUT2D eigenvalue weighted by atomic mass is 16.1. The highest BCUT2D eigenvalue weighted by Crippen LogP contribution is 2.19. The van der Waals surface area contributed by atoms with Crippen molar-refractivity contribution in [3.63, 3.8) is 0 Å². The van der Waals surface area contributed by atoms with E-state index in [1.165, 1.54) is 44.9 Å². The van der Waals surface area contributed by atoms with Crippen LogP contribution in [0.15, 0.2) is 0 Å². The summed E-state index contributed by atoms with van der Waals surface area (Å²) in [6, 6.07) is 0. The number of hydrogen-bond donors (Lipinski definition) is 1. The lowest BCUT2D eigenvalue weighted by Crippen LogP contribution is -2.29. The van der Waals surface area contributed by atoms with E-state index >= 15 is 0 Å². The minimum Gasteiger partial charge on any atom is -0.356 e. The lowest BCUT2D eigenvalue weighted by atomic mass is 9.92. The zero-order chi connectivity index (χ0) is 13.8. The first-order chi connectivity index (χ1) is 8.61. The Morgan fingerprint density at radius 3 is 2.22 bits per heavy atom. The maximum Gasteiger partial charge on any atom is 0.222 e. The Labute approximate surface area is 114 Å². The van der Waals surface area contributed by atoms with E-state index in [4.69, 9.17) is 0 Å². The molecule has 0 saturated heterocycles. The van der Waals surface area contributed by atoms with Crippen molar-refractivity contribution < 1.29 is 4.79 Å². The first-order valence-corrected chi connectivity index (χ1v) is 7.89. The van der Waals surface area contributed by atoms with Gasteiger partial charge in [-0.05, 0) is 19.3 Å². The van der Waals surface area contributed by atoms with Crippen molar-refractivity contribution in [1.29, 1.82) is 0 Å². The molecule has 0 spiro atoms. The van der Waals surface area contributed by atoms with E-state index in [2.05, 4.69) is 19.2 Å². The molecule has 1 N–H and O–H groups in total. The second-order valence-electron chi connectivity index (χ2n) is 5.69. The molecule has 0 aliphatic rings. The molecule has 0 heterocycles. The van der Waals surface area contributed by atoms with Crippen LogP contribution in [0.3, 0.4) is 0 Å². The fraction of sp³-hybridized carbons (Fsp3) is 0.938. The summed E-state index contributed by atoms with van der Waals surface area (Å²) in [5.74, 6) is 1.06. The van der Waals surface area contributed by atoms with Crippen LogP contribution in [0.2, 0.25) is 0 Å². The summed E-state index contributed by atoms with van der Waals surface area (Å²) in [5.41, 5.74) is 0. The van der Waals surface area contributed by atoms with Gasteiger partial charge in [0.15, 0.2) is 0 Å². The van der Waals surface area contributed by atoms with Crippen LogP contribution in [-0.2, 0) is 4.79 Å². The molecule has 0 saturated carbocycles. The predicted molar refractivity (Wildman–Crippen MR) is 79.6 cm³/mol. The molecule has 18 heavy (non-hydrogen) atoms. The molecule has 0 aromatic rings. The van der Waals surface area contributed by atoms with Crippen LogP contribution in [0.25, 0.3) is 0 Å². The van der Waals surface area contributed by atoms with Gasteiger partial charge in [-0.3, -0.25) is 4.79 Å². The number of unbranched alkanes of at least 4 members (excludes halogenated alkanes) is 5. The molecule has 0 unspecified atom stereocenters. The molecule has 0 rings (SSSR count). The zero-order valence-corrected chi connectivity index (χ0v) is 12.9. The standard InChI is InChI=1S/C16H33NO/c1-5-7-8-9-10-11-12-14(3)13-15(4)16(18)17-6-2/h14-15H,5-13H2,1-4H3,(H,17,18)/t14-,15+/m0/s1. The Bertz CT molecular complexity index is 203. The van der Waals surface area contributed by atoms with Gasteiger partial charge in [0, 0.05) is 12.5 Å². The highest BCUT2D eigenvalue weighted by molar-refractivity contribution is 5.78. The SMILES string of the molecule is CCCCCCCC[C@H](C)C[C@@H](C)C(=O)NCC. The lowest BCUT2D eigenvalue weighted by molar-refractivity contribution is -0.124. The Morgan fingerprint density at radius 1 is 1.00 bits per heavy atom. The number of carbonyl (C=O) groups excluding carboxylic acids is 1. The van der Waals surface area contributed by atoms with Gasteiger partial charge >= 0.3 is 0 Å². The normalized spacial score (nSPS) is 14.2. The molecule has 2 nitrogen and oxygen atoms in total. The molecule has 0 aliphatic heterocycles. The Morgan fingerprint density at radius 2 is 1.61 bits per heavy atom. The molecule has 108 valence electrons. The molecule has 0 aliphatic carbocycles. The van der Waals surface area contributed by atoms with Crippen LogP contribution in [0.5, 0.6) is 0 Å². The average Bonchev–Trinajstić information content (AvgIpc) is 2.33. The fourth-order valence-electron chi connectivity index (χ4n) is 2.45. The maximum absolute atomic E-state index is 11.6. The van der Waals surface area contributed by atoms with Gasteiger partial charge in [0.1, 0.15) is 0 Å². The van der Waals surface area contributed by atoms with Crippen LogP contribution >= 0.6 is 0 Å². The molecule has 0 aromatic heterocycles. The van der Waals surface area contributed by atoms with Gasteiger partial charge in [-0.25, -0.2) is 0 Å². The molecule has 0 aromatic carbocycles. The van der Waals surface area contributed by atoms with Crippen molar-refractivity contribution in [2.45, 2.75) is 79.1 Å². The molecule has 2 atom stereocenters. The highest BCUT2D eigenvalue weighted by Gasteiger charge is 2.15. The first-order valence-electron chi connectivity index (χ1n) is 7.89. The Balaban J connectivity index is 3.52. The number of hydrogen-bond acceptors (Lipinski definition) is 1. The monoisotopic (exact) mass is 255 g/mol. The largest absolute Gasteiger partial charge is 0.356 e. The average molecular weight is 255 g/mol. The predicted octanol–water partition coefficient (Wildman–Crippen LogP) is 4.54. The van der Waals surface area contributed by atoms with E-state index in [0.717, 1.165) is 13.0 Å². The summed E-state index contributed by atoms with van der Waals surface area (Å²) in [7, 11) is 0. The molecule has 0 fully saturated rings. The van der Waals surface area contributed by atoms with Crippen LogP contribution in [0.4, 0.5) is 0 Å². The van der Waals surface area contributed by atoms with Crippen molar-refractivity contribution in [2.24, 2.45) is 11.8 Å². The van der Waals surface area contributed by atoms with E-state index in [9.17, 15) is 4.79 Å². The second kappa shape index (κ2) is 11.6. The van der Waals surface area contributed by atoms with Crippen LogP contribution in [0.1, 0.15) is 79.1 Å². The van der Waals surface area contributed by atoms with E-state index in [-0.39, 0.29) is 11.8 Å². The lowest BCUT2D eigenvalue weighted by Gasteiger charge is -2.16. The Kier molecular flexibility index (Phi) is 11.2. The smallest absolute Gasteiger partial charge is 0.222 e. The Hall–Kier alpha value is -0.530. The van der Waals surface area contributed by atoms with Gasteiger partial charge in [0.25, 0.3) is 0 Å². The van der Waals surface area contributed by atoms with Crippen LogP contribution in [0, 0.1) is 11.8 Å². The van der Waals surface area contributed by atoms with Gasteiger partial charge in [-0.2, -0.15) is 0 Å². The van der Waals surface area contributed by atoms with Gasteiger partial charge in [-0.1, -0.05) is 65.7 Å². The van der Waals surface area contributed by atoms with E-state index < -0.39 is 0 Å². The van der Waals surface area contributed by atoms with Crippen molar-refractivity contribution in [1.82, 2.24) is 5.32 Å².